The number of carbonyl (C=O) groups is 2. The van der Waals surface area contributed by atoms with Crippen molar-refractivity contribution in [2.45, 2.75) is 6.92 Å². The van der Waals surface area contributed by atoms with E-state index < -0.39 is 11.7 Å². The van der Waals surface area contributed by atoms with Crippen LogP contribution in [-0.4, -0.2) is 42.0 Å². The SMILES string of the molecule is CCNC(=O)CN(C)C(=O)c1cc(F)ccc1O. The zero-order valence-corrected chi connectivity index (χ0v) is 10.2. The summed E-state index contributed by atoms with van der Waals surface area (Å²) in [5.74, 6) is -1.87. The number of likely N-dealkylation sites (N-methyl/N-ethyl adjacent to an activating group) is 2. The molecule has 5 nitrogen and oxygen atoms in total. The molecule has 0 spiro atoms. The highest BCUT2D eigenvalue weighted by atomic mass is 19.1. The van der Waals surface area contributed by atoms with E-state index in [0.717, 1.165) is 23.1 Å². The van der Waals surface area contributed by atoms with E-state index in [0.29, 0.717) is 6.54 Å². The van der Waals surface area contributed by atoms with Crippen LogP contribution in [0.25, 0.3) is 0 Å². The number of nitrogens with zero attached hydrogens (tertiary/aromatic N) is 1. The van der Waals surface area contributed by atoms with Crippen molar-refractivity contribution >= 4 is 11.8 Å². The van der Waals surface area contributed by atoms with Crippen LogP contribution in [0.4, 0.5) is 4.39 Å². The van der Waals surface area contributed by atoms with Crippen molar-refractivity contribution in [1.82, 2.24) is 10.2 Å². The van der Waals surface area contributed by atoms with Crippen LogP contribution in [0.5, 0.6) is 5.75 Å². The molecule has 1 aromatic rings. The standard InChI is InChI=1S/C12H15FN2O3/c1-3-14-11(17)7-15(2)12(18)9-6-8(13)4-5-10(9)16/h4-6,16H,3,7H2,1-2H3,(H,14,17). The van der Waals surface area contributed by atoms with Crippen molar-refractivity contribution in [1.29, 1.82) is 0 Å². The topological polar surface area (TPSA) is 69.6 Å². The molecule has 0 aromatic heterocycles. The zero-order valence-electron chi connectivity index (χ0n) is 10.2. The number of carbonyl (C=O) groups excluding carboxylic acids is 2. The first-order valence-corrected chi connectivity index (χ1v) is 5.46. The summed E-state index contributed by atoms with van der Waals surface area (Å²) < 4.78 is 13.0. The maximum atomic E-state index is 13.0. The molecule has 1 aromatic carbocycles. The molecule has 2 N–H and O–H groups in total. The first-order valence-electron chi connectivity index (χ1n) is 5.46. The van der Waals surface area contributed by atoms with E-state index in [1.54, 1.807) is 6.92 Å². The number of nitrogens with one attached hydrogen (secondary N) is 1. The maximum Gasteiger partial charge on any atom is 0.257 e. The molecule has 0 fully saturated rings. The van der Waals surface area contributed by atoms with Gasteiger partial charge in [0.15, 0.2) is 0 Å². The van der Waals surface area contributed by atoms with Gasteiger partial charge in [-0.05, 0) is 25.1 Å². The van der Waals surface area contributed by atoms with E-state index >= 15 is 0 Å². The highest BCUT2D eigenvalue weighted by Crippen LogP contribution is 2.19. The summed E-state index contributed by atoms with van der Waals surface area (Å²) in [5, 5.41) is 12.0. The lowest BCUT2D eigenvalue weighted by Crippen LogP contribution is -2.38. The lowest BCUT2D eigenvalue weighted by molar-refractivity contribution is -0.121. The molecule has 0 saturated carbocycles. The zero-order chi connectivity index (χ0) is 13.7. The number of rotatable bonds is 4. The van der Waals surface area contributed by atoms with E-state index in [9.17, 15) is 19.1 Å². The smallest absolute Gasteiger partial charge is 0.257 e. The van der Waals surface area contributed by atoms with E-state index in [1.165, 1.54) is 7.05 Å². The van der Waals surface area contributed by atoms with Crippen LogP contribution in [0.1, 0.15) is 17.3 Å². The summed E-state index contributed by atoms with van der Waals surface area (Å²) in [4.78, 5) is 24.3. The van der Waals surface area contributed by atoms with E-state index in [-0.39, 0.29) is 23.8 Å². The Kier molecular flexibility index (Phi) is 4.65. The summed E-state index contributed by atoms with van der Waals surface area (Å²) in [6.07, 6.45) is 0. The fourth-order valence-corrected chi connectivity index (χ4v) is 1.43. The first-order chi connectivity index (χ1) is 8.45. The number of phenolic OH excluding ortho intramolecular Hbond substituents is 1. The third kappa shape index (κ3) is 3.44. The fraction of sp³-hybridized carbons (Fsp3) is 0.333. The van der Waals surface area contributed by atoms with Crippen molar-refractivity contribution in [3.05, 3.63) is 29.6 Å². The third-order valence-electron chi connectivity index (χ3n) is 2.29. The monoisotopic (exact) mass is 254 g/mol. The Morgan fingerprint density at radius 2 is 2.11 bits per heavy atom. The summed E-state index contributed by atoms with van der Waals surface area (Å²) in [6.45, 7) is 2.08. The molecule has 0 aliphatic heterocycles. The van der Waals surface area contributed by atoms with E-state index in [2.05, 4.69) is 5.32 Å². The molecule has 0 aliphatic carbocycles. The maximum absolute atomic E-state index is 13.0. The van der Waals surface area contributed by atoms with Crippen LogP contribution in [-0.2, 0) is 4.79 Å². The van der Waals surface area contributed by atoms with Crippen LogP contribution >= 0.6 is 0 Å². The van der Waals surface area contributed by atoms with Crippen LogP contribution < -0.4 is 5.32 Å². The largest absolute Gasteiger partial charge is 0.507 e. The van der Waals surface area contributed by atoms with Crippen LogP contribution in [0.15, 0.2) is 18.2 Å². The second kappa shape index (κ2) is 6.00. The summed E-state index contributed by atoms with van der Waals surface area (Å²) >= 11 is 0. The molecular weight excluding hydrogens is 239 g/mol. The van der Waals surface area contributed by atoms with Gasteiger partial charge in [-0.15, -0.1) is 0 Å². The Morgan fingerprint density at radius 3 is 2.72 bits per heavy atom. The quantitative estimate of drug-likeness (QED) is 0.832. The average Bonchev–Trinajstić information content (AvgIpc) is 2.31. The summed E-state index contributed by atoms with van der Waals surface area (Å²) in [5.41, 5.74) is -0.165. The number of aromatic hydroxyl groups is 1. The number of hydrogen-bond acceptors (Lipinski definition) is 3. The molecule has 18 heavy (non-hydrogen) atoms. The predicted octanol–water partition coefficient (Wildman–Crippen LogP) is 0.739. The molecule has 0 unspecified atom stereocenters. The van der Waals surface area contributed by atoms with Crippen LogP contribution in [0.3, 0.4) is 0 Å². The van der Waals surface area contributed by atoms with Gasteiger partial charge in [-0.25, -0.2) is 4.39 Å². The molecule has 6 heteroatoms. The summed E-state index contributed by atoms with van der Waals surface area (Å²) in [7, 11) is 1.40. The van der Waals surface area contributed by atoms with Crippen molar-refractivity contribution in [3.8, 4) is 5.75 Å². The minimum Gasteiger partial charge on any atom is -0.507 e. The minimum atomic E-state index is -0.623. The van der Waals surface area contributed by atoms with Gasteiger partial charge in [0.25, 0.3) is 5.91 Å². The van der Waals surface area contributed by atoms with E-state index in [4.69, 9.17) is 0 Å². The van der Waals surface area contributed by atoms with Gasteiger partial charge in [0, 0.05) is 13.6 Å². The average molecular weight is 254 g/mol. The second-order valence-corrected chi connectivity index (χ2v) is 3.78. The number of benzene rings is 1. The molecule has 98 valence electrons. The molecule has 0 saturated heterocycles. The van der Waals surface area contributed by atoms with Crippen LogP contribution in [0.2, 0.25) is 0 Å². The Morgan fingerprint density at radius 1 is 1.44 bits per heavy atom. The number of phenols is 1. The van der Waals surface area contributed by atoms with Crippen molar-refractivity contribution in [3.63, 3.8) is 0 Å². The molecule has 2 amide bonds. The highest BCUT2D eigenvalue weighted by Gasteiger charge is 2.18. The Hall–Kier alpha value is -2.11. The molecule has 0 radical (unpaired) electrons. The summed E-state index contributed by atoms with van der Waals surface area (Å²) in [6, 6.07) is 3.09. The first kappa shape index (κ1) is 14.0. The van der Waals surface area contributed by atoms with Crippen molar-refractivity contribution in [2.75, 3.05) is 20.1 Å². The van der Waals surface area contributed by atoms with Gasteiger partial charge in [-0.3, -0.25) is 9.59 Å². The minimum absolute atomic E-state index is 0.150. The lowest BCUT2D eigenvalue weighted by atomic mass is 10.1. The molecule has 0 atom stereocenters. The molecule has 1 rings (SSSR count). The highest BCUT2D eigenvalue weighted by molar-refractivity contribution is 5.98. The molecule has 0 heterocycles. The van der Waals surface area contributed by atoms with E-state index in [1.807, 2.05) is 0 Å². The van der Waals surface area contributed by atoms with Gasteiger partial charge in [-0.1, -0.05) is 0 Å². The lowest BCUT2D eigenvalue weighted by Gasteiger charge is -2.17. The van der Waals surface area contributed by atoms with Crippen molar-refractivity contribution in [2.24, 2.45) is 0 Å². The molecular formula is C12H15FN2O3. The van der Waals surface area contributed by atoms with Gasteiger partial charge in [-0.2, -0.15) is 0 Å². The third-order valence-corrected chi connectivity index (χ3v) is 2.29. The Balaban J connectivity index is 2.80. The van der Waals surface area contributed by atoms with Gasteiger partial charge in [0.1, 0.15) is 11.6 Å². The number of halogens is 1. The molecule has 0 aliphatic rings. The van der Waals surface area contributed by atoms with Gasteiger partial charge in [0.2, 0.25) is 5.91 Å². The van der Waals surface area contributed by atoms with Gasteiger partial charge < -0.3 is 15.3 Å². The predicted molar refractivity (Wildman–Crippen MR) is 63.7 cm³/mol. The van der Waals surface area contributed by atoms with Crippen LogP contribution in [0, 0.1) is 5.82 Å². The van der Waals surface area contributed by atoms with Gasteiger partial charge >= 0.3 is 0 Å². The normalized spacial score (nSPS) is 9.94. The fourth-order valence-electron chi connectivity index (χ4n) is 1.43. The molecule has 0 bridgehead atoms. The second-order valence-electron chi connectivity index (χ2n) is 3.78. The number of hydrogen-bond donors (Lipinski definition) is 2. The Labute approximate surface area is 104 Å². The van der Waals surface area contributed by atoms with Gasteiger partial charge in [0.05, 0.1) is 12.1 Å². The van der Waals surface area contributed by atoms with Crippen molar-refractivity contribution < 1.29 is 19.1 Å². The number of amides is 2. The Bertz CT molecular complexity index is 463.